The minimum Gasteiger partial charge on any atom is -0.497 e. The first-order chi connectivity index (χ1) is 18.9. The number of nitrogens with zero attached hydrogens (tertiary/aromatic N) is 2. The maximum atomic E-state index is 15.2. The Hall–Kier alpha value is -3.20. The lowest BCUT2D eigenvalue weighted by atomic mass is 10.0. The predicted octanol–water partition coefficient (Wildman–Crippen LogP) is 8.28. The third kappa shape index (κ3) is 6.57. The van der Waals surface area contributed by atoms with Crippen LogP contribution >= 0.6 is 11.6 Å². The number of rotatable bonds is 10. The molecule has 0 fully saturated rings. The second kappa shape index (κ2) is 12.1. The molecule has 4 rings (SSSR count). The fourth-order valence-electron chi connectivity index (χ4n) is 4.20. The van der Waals surface area contributed by atoms with Gasteiger partial charge in [-0.3, -0.25) is 0 Å². The van der Waals surface area contributed by atoms with Gasteiger partial charge < -0.3 is 19.2 Å². The van der Waals surface area contributed by atoms with Crippen LogP contribution in [0.25, 0.3) is 22.0 Å². The lowest BCUT2D eigenvalue weighted by Gasteiger charge is -2.36. The number of fused-ring (bicyclic) bond motifs is 1. The van der Waals surface area contributed by atoms with E-state index in [1.54, 1.807) is 26.5 Å². The number of nitrogens with one attached hydrogen (secondary N) is 1. The maximum absolute atomic E-state index is 15.2. The summed E-state index contributed by atoms with van der Waals surface area (Å²) in [5, 5.41) is 13.3. The van der Waals surface area contributed by atoms with Crippen molar-refractivity contribution >= 4 is 36.5 Å². The summed E-state index contributed by atoms with van der Waals surface area (Å²) in [5.74, 6) is 1.12. The van der Waals surface area contributed by atoms with E-state index in [0.29, 0.717) is 41.2 Å². The normalized spacial score (nSPS) is 12.0. The van der Waals surface area contributed by atoms with E-state index >= 15 is 4.39 Å². The van der Waals surface area contributed by atoms with Gasteiger partial charge >= 0.3 is 0 Å². The summed E-state index contributed by atoms with van der Waals surface area (Å²) in [6, 6.07) is 14.8. The summed E-state index contributed by atoms with van der Waals surface area (Å²) in [6.45, 7) is 11.9. The molecular formula is C31H37ClFN3O3Si. The molecule has 40 heavy (non-hydrogen) atoms. The fourth-order valence-corrected chi connectivity index (χ4v) is 5.55. The smallest absolute Gasteiger partial charge is 0.191 e. The molecule has 1 N–H and O–H groups in total. The largest absolute Gasteiger partial charge is 0.497 e. The van der Waals surface area contributed by atoms with Crippen molar-refractivity contribution in [1.82, 2.24) is 10.2 Å². The van der Waals surface area contributed by atoms with Gasteiger partial charge in [0, 0.05) is 40.8 Å². The van der Waals surface area contributed by atoms with Crippen LogP contribution in [0.15, 0.2) is 54.7 Å². The van der Waals surface area contributed by atoms with Crippen LogP contribution < -0.4 is 14.8 Å². The molecule has 0 saturated heterocycles. The van der Waals surface area contributed by atoms with Gasteiger partial charge in [-0.05, 0) is 72.1 Å². The molecule has 0 spiro atoms. The van der Waals surface area contributed by atoms with E-state index in [4.69, 9.17) is 25.5 Å². The van der Waals surface area contributed by atoms with Crippen molar-refractivity contribution in [3.05, 3.63) is 76.7 Å². The van der Waals surface area contributed by atoms with E-state index in [9.17, 15) is 0 Å². The van der Waals surface area contributed by atoms with E-state index in [2.05, 4.69) is 49.4 Å². The Morgan fingerprint density at radius 3 is 2.42 bits per heavy atom. The zero-order valence-corrected chi connectivity index (χ0v) is 25.9. The molecule has 212 valence electrons. The van der Waals surface area contributed by atoms with E-state index in [1.807, 2.05) is 36.4 Å². The van der Waals surface area contributed by atoms with Crippen molar-refractivity contribution in [3.8, 4) is 22.6 Å². The summed E-state index contributed by atoms with van der Waals surface area (Å²) in [4.78, 5) is 0. The number of halogens is 2. The molecule has 0 unspecified atom stereocenters. The second-order valence-corrected chi connectivity index (χ2v) is 16.5. The first kappa shape index (κ1) is 29.8. The Bertz CT molecular complexity index is 1480. The van der Waals surface area contributed by atoms with Crippen molar-refractivity contribution < 1.29 is 18.3 Å². The average Bonchev–Trinajstić information content (AvgIpc) is 2.92. The number of benzene rings is 3. The highest BCUT2D eigenvalue weighted by Crippen LogP contribution is 2.37. The summed E-state index contributed by atoms with van der Waals surface area (Å²) in [6.07, 6.45) is 2.11. The molecular weight excluding hydrogens is 545 g/mol. The number of anilines is 1. The standard InChI is InChI=1S/C31H37ClFN3O3Si/c1-31(2,3)40(6,7)39-13-12-24-26(32)14-22(15-27(24)33)20-9-11-25-28(16-20)36-35-19-29(25)34-18-21-8-10-23(37-4)17-30(21)38-5/h8-11,14-17,19H,12-13,18H2,1-7H3,(H,34,36). The maximum Gasteiger partial charge on any atom is 0.191 e. The van der Waals surface area contributed by atoms with Gasteiger partial charge in [0.25, 0.3) is 0 Å². The molecule has 0 saturated carbocycles. The van der Waals surface area contributed by atoms with Crippen LogP contribution in [0.2, 0.25) is 23.2 Å². The molecule has 0 amide bonds. The molecule has 0 atom stereocenters. The molecule has 9 heteroatoms. The van der Waals surface area contributed by atoms with Gasteiger partial charge in [0.1, 0.15) is 17.3 Å². The number of ether oxygens (including phenoxy) is 2. The second-order valence-electron chi connectivity index (χ2n) is 11.3. The molecule has 1 aromatic heterocycles. The van der Waals surface area contributed by atoms with Gasteiger partial charge in [-0.2, -0.15) is 10.2 Å². The quantitative estimate of drug-likeness (QED) is 0.190. The SMILES string of the molecule is COc1ccc(CNc2cnnc3cc(-c4cc(F)c(CCO[Si](C)(C)C(C)(C)C)c(Cl)c4)ccc23)c(OC)c1. The Balaban J connectivity index is 1.52. The van der Waals surface area contributed by atoms with Crippen molar-refractivity contribution in [1.29, 1.82) is 0 Å². The van der Waals surface area contributed by atoms with E-state index in [0.717, 1.165) is 33.7 Å². The zero-order valence-electron chi connectivity index (χ0n) is 24.2. The monoisotopic (exact) mass is 581 g/mol. The summed E-state index contributed by atoms with van der Waals surface area (Å²) < 4.78 is 32.2. The molecule has 0 bridgehead atoms. The van der Waals surface area contributed by atoms with Crippen molar-refractivity contribution in [2.24, 2.45) is 0 Å². The molecule has 0 aliphatic rings. The minimum atomic E-state index is -1.92. The number of hydrogen-bond acceptors (Lipinski definition) is 6. The summed E-state index contributed by atoms with van der Waals surface area (Å²) in [5.41, 5.74) is 4.46. The Morgan fingerprint density at radius 1 is 0.975 bits per heavy atom. The van der Waals surface area contributed by atoms with Crippen molar-refractivity contribution in [2.45, 2.75) is 51.9 Å². The third-order valence-electron chi connectivity index (χ3n) is 7.70. The minimum absolute atomic E-state index is 0.0934. The van der Waals surface area contributed by atoms with Crippen LogP contribution in [0.4, 0.5) is 10.1 Å². The third-order valence-corrected chi connectivity index (χ3v) is 12.6. The Labute approximate surface area is 242 Å². The summed E-state index contributed by atoms with van der Waals surface area (Å²) in [7, 11) is 1.34. The highest BCUT2D eigenvalue weighted by molar-refractivity contribution is 6.74. The highest BCUT2D eigenvalue weighted by Gasteiger charge is 2.37. The lowest BCUT2D eigenvalue weighted by Crippen LogP contribution is -2.41. The molecule has 4 aromatic rings. The van der Waals surface area contributed by atoms with Crippen LogP contribution in [-0.4, -0.2) is 39.3 Å². The first-order valence-electron chi connectivity index (χ1n) is 13.3. The van der Waals surface area contributed by atoms with Gasteiger partial charge in [-0.1, -0.05) is 38.4 Å². The van der Waals surface area contributed by atoms with Crippen LogP contribution in [0.1, 0.15) is 31.9 Å². The zero-order chi connectivity index (χ0) is 29.1. The van der Waals surface area contributed by atoms with Gasteiger partial charge in [0.05, 0.1) is 31.6 Å². The highest BCUT2D eigenvalue weighted by atomic mass is 35.5. The van der Waals surface area contributed by atoms with Gasteiger partial charge in [-0.25, -0.2) is 4.39 Å². The van der Waals surface area contributed by atoms with Crippen LogP contribution in [0.3, 0.4) is 0 Å². The van der Waals surface area contributed by atoms with Crippen LogP contribution in [0, 0.1) is 5.82 Å². The predicted molar refractivity (Wildman–Crippen MR) is 164 cm³/mol. The summed E-state index contributed by atoms with van der Waals surface area (Å²) >= 11 is 6.57. The number of hydrogen-bond donors (Lipinski definition) is 1. The van der Waals surface area contributed by atoms with E-state index < -0.39 is 8.32 Å². The van der Waals surface area contributed by atoms with Crippen LogP contribution in [0.5, 0.6) is 11.5 Å². The van der Waals surface area contributed by atoms with E-state index in [1.165, 1.54) is 6.07 Å². The Morgan fingerprint density at radius 2 is 1.75 bits per heavy atom. The fraction of sp³-hybridized carbons (Fsp3) is 0.355. The number of aromatic nitrogens is 2. The topological polar surface area (TPSA) is 65.5 Å². The molecule has 0 aliphatic carbocycles. The molecule has 1 heterocycles. The number of methoxy groups -OCH3 is 2. The Kier molecular flexibility index (Phi) is 9.02. The first-order valence-corrected chi connectivity index (χ1v) is 16.5. The molecule has 0 aliphatic heterocycles. The molecule has 6 nitrogen and oxygen atoms in total. The average molecular weight is 582 g/mol. The lowest BCUT2D eigenvalue weighted by molar-refractivity contribution is 0.290. The molecule has 0 radical (unpaired) electrons. The van der Waals surface area contributed by atoms with Gasteiger partial charge in [-0.15, -0.1) is 0 Å². The van der Waals surface area contributed by atoms with E-state index in [-0.39, 0.29) is 10.9 Å². The van der Waals surface area contributed by atoms with Crippen LogP contribution in [-0.2, 0) is 17.4 Å². The van der Waals surface area contributed by atoms with Crippen molar-refractivity contribution in [2.75, 3.05) is 26.1 Å². The van der Waals surface area contributed by atoms with Gasteiger partial charge in [0.15, 0.2) is 8.32 Å². The molecule has 3 aromatic carbocycles. The van der Waals surface area contributed by atoms with Crippen molar-refractivity contribution in [3.63, 3.8) is 0 Å². The van der Waals surface area contributed by atoms with Gasteiger partial charge in [0.2, 0.25) is 0 Å².